The smallest absolute Gasteiger partial charge is 0.259 e. The molecule has 0 saturated heterocycles. The number of pyridine rings is 1. The molecule has 0 fully saturated rings. The molecule has 0 spiro atoms. The van der Waals surface area contributed by atoms with E-state index >= 15 is 0 Å². The number of aromatic amines is 1. The van der Waals surface area contributed by atoms with Crippen LogP contribution >= 0.6 is 11.3 Å². The average Bonchev–Trinajstić information content (AvgIpc) is 3.05. The Hall–Kier alpha value is -2.72. The number of ketones is 1. The molecule has 3 aromatic rings. The summed E-state index contributed by atoms with van der Waals surface area (Å²) < 4.78 is 0. The molecule has 0 amide bonds. The first-order chi connectivity index (χ1) is 11.6. The van der Waals surface area contributed by atoms with E-state index in [4.69, 9.17) is 0 Å². The summed E-state index contributed by atoms with van der Waals surface area (Å²) in [6.45, 7) is 3.60. The van der Waals surface area contributed by atoms with Crippen LogP contribution in [0.1, 0.15) is 32.1 Å². The molecule has 2 aromatic heterocycles. The Balaban J connectivity index is 2.17. The van der Waals surface area contributed by atoms with E-state index in [1.165, 1.54) is 0 Å². The Morgan fingerprint density at radius 1 is 1.08 bits per heavy atom. The Morgan fingerprint density at radius 3 is 2.46 bits per heavy atom. The van der Waals surface area contributed by atoms with E-state index in [0.29, 0.717) is 11.1 Å². The number of aromatic nitrogens is 1. The summed E-state index contributed by atoms with van der Waals surface area (Å²) in [5.74, 6) is -0.256. The van der Waals surface area contributed by atoms with Gasteiger partial charge < -0.3 is 4.98 Å². The number of nitrogens with one attached hydrogen (secondary N) is 1. The van der Waals surface area contributed by atoms with E-state index in [0.717, 1.165) is 16.1 Å². The molecule has 24 heavy (non-hydrogen) atoms. The number of allylic oxidation sites excluding steroid dienone is 1. The Morgan fingerprint density at radius 2 is 1.83 bits per heavy atom. The standard InChI is InChI=1S/C20H17NO2S/c1-13-11-14(2)21-20(23)18(13)19(22)17(12-16-9-6-10-24-16)15-7-4-3-5-8-15/h3-12H,1-2H3,(H,21,23)/b17-12+. The quantitative estimate of drug-likeness (QED) is 0.564. The van der Waals surface area contributed by atoms with Gasteiger partial charge in [0, 0.05) is 16.1 Å². The van der Waals surface area contributed by atoms with Gasteiger partial charge in [0.15, 0.2) is 5.78 Å². The summed E-state index contributed by atoms with van der Waals surface area (Å²) in [6, 6.07) is 15.2. The third-order valence-electron chi connectivity index (χ3n) is 3.75. The van der Waals surface area contributed by atoms with Crippen LogP contribution in [-0.2, 0) is 0 Å². The summed E-state index contributed by atoms with van der Waals surface area (Å²) in [7, 11) is 0. The molecule has 3 rings (SSSR count). The van der Waals surface area contributed by atoms with Gasteiger partial charge in [0.2, 0.25) is 0 Å². The minimum Gasteiger partial charge on any atom is -0.326 e. The van der Waals surface area contributed by atoms with Gasteiger partial charge in [0.25, 0.3) is 5.56 Å². The van der Waals surface area contributed by atoms with Gasteiger partial charge in [-0.15, -0.1) is 11.3 Å². The molecule has 120 valence electrons. The van der Waals surface area contributed by atoms with Crippen molar-refractivity contribution >= 4 is 28.8 Å². The van der Waals surface area contributed by atoms with Crippen LogP contribution in [0, 0.1) is 13.8 Å². The van der Waals surface area contributed by atoms with Crippen molar-refractivity contribution in [1.29, 1.82) is 0 Å². The molecule has 0 aliphatic heterocycles. The largest absolute Gasteiger partial charge is 0.326 e. The van der Waals surface area contributed by atoms with Crippen LogP contribution in [0.25, 0.3) is 11.6 Å². The van der Waals surface area contributed by atoms with E-state index in [1.54, 1.807) is 18.3 Å². The molecule has 1 N–H and O–H groups in total. The summed E-state index contributed by atoms with van der Waals surface area (Å²) in [6.07, 6.45) is 1.85. The number of carbonyl (C=O) groups excluding carboxylic acids is 1. The summed E-state index contributed by atoms with van der Waals surface area (Å²) in [4.78, 5) is 29.2. The van der Waals surface area contributed by atoms with Gasteiger partial charge in [-0.2, -0.15) is 0 Å². The number of hydrogen-bond acceptors (Lipinski definition) is 3. The molecule has 0 bridgehead atoms. The number of hydrogen-bond donors (Lipinski definition) is 1. The Bertz CT molecular complexity index is 951. The van der Waals surface area contributed by atoms with Crippen molar-refractivity contribution in [3.8, 4) is 0 Å². The van der Waals surface area contributed by atoms with Gasteiger partial charge in [-0.05, 0) is 48.6 Å². The minimum absolute atomic E-state index is 0.201. The van der Waals surface area contributed by atoms with Crippen molar-refractivity contribution in [3.05, 3.63) is 91.5 Å². The van der Waals surface area contributed by atoms with E-state index in [-0.39, 0.29) is 16.9 Å². The lowest BCUT2D eigenvalue weighted by Crippen LogP contribution is -2.21. The fourth-order valence-corrected chi connectivity index (χ4v) is 3.34. The molecule has 0 aliphatic rings. The van der Waals surface area contributed by atoms with Gasteiger partial charge in [-0.25, -0.2) is 0 Å². The number of Topliss-reactive ketones (excluding diaryl/α,β-unsaturated/α-hetero) is 1. The van der Waals surface area contributed by atoms with E-state index in [2.05, 4.69) is 4.98 Å². The molecule has 2 heterocycles. The highest BCUT2D eigenvalue weighted by Gasteiger charge is 2.20. The number of carbonyl (C=O) groups is 1. The van der Waals surface area contributed by atoms with Crippen LogP contribution in [0.2, 0.25) is 0 Å². The summed E-state index contributed by atoms with van der Waals surface area (Å²) in [5, 5.41) is 1.96. The molecule has 0 aliphatic carbocycles. The Labute approximate surface area is 144 Å². The summed E-state index contributed by atoms with van der Waals surface area (Å²) >= 11 is 1.55. The highest BCUT2D eigenvalue weighted by atomic mass is 32.1. The summed E-state index contributed by atoms with van der Waals surface area (Å²) in [5.41, 5.74) is 2.62. The fourth-order valence-electron chi connectivity index (χ4n) is 2.68. The van der Waals surface area contributed by atoms with Crippen LogP contribution in [-0.4, -0.2) is 10.8 Å². The number of benzene rings is 1. The lowest BCUT2D eigenvalue weighted by Gasteiger charge is -2.09. The zero-order valence-electron chi connectivity index (χ0n) is 13.5. The predicted octanol–water partition coefficient (Wildman–Crippen LogP) is 4.48. The van der Waals surface area contributed by atoms with Gasteiger partial charge in [0.1, 0.15) is 0 Å². The van der Waals surface area contributed by atoms with Crippen LogP contribution in [0.15, 0.2) is 58.7 Å². The zero-order valence-corrected chi connectivity index (χ0v) is 14.3. The highest BCUT2D eigenvalue weighted by molar-refractivity contribution is 7.11. The fraction of sp³-hybridized carbons (Fsp3) is 0.100. The number of thiophene rings is 1. The first kappa shape index (κ1) is 16.1. The molecule has 0 atom stereocenters. The number of rotatable bonds is 4. The highest BCUT2D eigenvalue weighted by Crippen LogP contribution is 2.24. The lowest BCUT2D eigenvalue weighted by atomic mass is 9.94. The van der Waals surface area contributed by atoms with Crippen LogP contribution < -0.4 is 5.56 Å². The first-order valence-corrected chi connectivity index (χ1v) is 8.50. The molecule has 3 nitrogen and oxygen atoms in total. The maximum Gasteiger partial charge on any atom is 0.259 e. The normalized spacial score (nSPS) is 11.5. The number of H-pyrrole nitrogens is 1. The van der Waals surface area contributed by atoms with Crippen molar-refractivity contribution < 1.29 is 4.79 Å². The second kappa shape index (κ2) is 6.81. The average molecular weight is 335 g/mol. The van der Waals surface area contributed by atoms with Crippen LogP contribution in [0.3, 0.4) is 0 Å². The Kier molecular flexibility index (Phi) is 4.58. The molecular formula is C20H17NO2S. The second-order valence-corrected chi connectivity index (χ2v) is 6.59. The third kappa shape index (κ3) is 3.29. The van der Waals surface area contributed by atoms with Crippen molar-refractivity contribution in [2.45, 2.75) is 13.8 Å². The first-order valence-electron chi connectivity index (χ1n) is 7.62. The van der Waals surface area contributed by atoms with Crippen LogP contribution in [0.4, 0.5) is 0 Å². The molecule has 1 aromatic carbocycles. The van der Waals surface area contributed by atoms with Gasteiger partial charge in [-0.1, -0.05) is 36.4 Å². The topological polar surface area (TPSA) is 49.9 Å². The molecule has 4 heteroatoms. The zero-order chi connectivity index (χ0) is 17.1. The van der Waals surface area contributed by atoms with Crippen molar-refractivity contribution in [1.82, 2.24) is 4.98 Å². The van der Waals surface area contributed by atoms with Gasteiger partial charge in [0.05, 0.1) is 5.56 Å². The SMILES string of the molecule is Cc1cc(C)c(C(=O)/C(=C/c2cccs2)c2ccccc2)c(=O)[nH]1. The molecule has 0 radical (unpaired) electrons. The lowest BCUT2D eigenvalue weighted by molar-refractivity contribution is 0.105. The van der Waals surface area contributed by atoms with Crippen LogP contribution in [0.5, 0.6) is 0 Å². The maximum absolute atomic E-state index is 13.1. The van der Waals surface area contributed by atoms with Crippen molar-refractivity contribution in [3.63, 3.8) is 0 Å². The number of aryl methyl sites for hydroxylation is 2. The van der Waals surface area contributed by atoms with E-state index < -0.39 is 0 Å². The maximum atomic E-state index is 13.1. The van der Waals surface area contributed by atoms with Gasteiger partial charge in [-0.3, -0.25) is 9.59 Å². The van der Waals surface area contributed by atoms with E-state index in [9.17, 15) is 9.59 Å². The monoisotopic (exact) mass is 335 g/mol. The molecule has 0 unspecified atom stereocenters. The van der Waals surface area contributed by atoms with Gasteiger partial charge >= 0.3 is 0 Å². The third-order valence-corrected chi connectivity index (χ3v) is 4.57. The molecule has 0 saturated carbocycles. The minimum atomic E-state index is -0.342. The second-order valence-electron chi connectivity index (χ2n) is 5.61. The van der Waals surface area contributed by atoms with Crippen molar-refractivity contribution in [2.24, 2.45) is 0 Å². The van der Waals surface area contributed by atoms with E-state index in [1.807, 2.05) is 66.9 Å². The van der Waals surface area contributed by atoms with Crippen molar-refractivity contribution in [2.75, 3.05) is 0 Å². The molecular weight excluding hydrogens is 318 g/mol. The predicted molar refractivity (Wildman–Crippen MR) is 99.5 cm³/mol.